The monoisotopic (exact) mass is 347 g/mol. The molecule has 1 aromatic carbocycles. The Labute approximate surface area is 134 Å². The topological polar surface area (TPSA) is 54.5 Å². The molecule has 0 saturated carbocycles. The molecule has 1 fully saturated rings. The number of carbonyl (C=O) groups excluding carboxylic acids is 1. The van der Waals surface area contributed by atoms with Crippen LogP contribution >= 0.6 is 23.4 Å². The molecule has 1 atom stereocenters. The molecular formula is C14H18ClNO3S2. The van der Waals surface area contributed by atoms with Gasteiger partial charge in [-0.05, 0) is 17.7 Å². The summed E-state index contributed by atoms with van der Waals surface area (Å²) in [6, 6.07) is 7.05. The number of thioether (sulfide) groups is 1. The minimum Gasteiger partial charge on any atom is -0.320 e. The second-order valence-corrected chi connectivity index (χ2v) is 8.68. The third kappa shape index (κ3) is 3.73. The number of carbonyl (C=O) groups is 1. The van der Waals surface area contributed by atoms with Gasteiger partial charge >= 0.3 is 0 Å². The van der Waals surface area contributed by atoms with Crippen molar-refractivity contribution in [3.8, 4) is 0 Å². The van der Waals surface area contributed by atoms with Crippen molar-refractivity contribution in [2.75, 3.05) is 23.8 Å². The van der Waals surface area contributed by atoms with Gasteiger partial charge in [0.2, 0.25) is 0 Å². The van der Waals surface area contributed by atoms with E-state index in [4.69, 9.17) is 11.6 Å². The zero-order valence-electron chi connectivity index (χ0n) is 11.8. The van der Waals surface area contributed by atoms with Crippen molar-refractivity contribution in [1.29, 1.82) is 0 Å². The molecular weight excluding hydrogens is 330 g/mol. The number of benzene rings is 1. The van der Waals surface area contributed by atoms with E-state index in [1.165, 1.54) is 4.90 Å². The number of hydrogen-bond donors (Lipinski definition) is 0. The molecule has 1 amide bonds. The van der Waals surface area contributed by atoms with Crippen molar-refractivity contribution in [3.05, 3.63) is 35.4 Å². The predicted molar refractivity (Wildman–Crippen MR) is 87.6 cm³/mol. The van der Waals surface area contributed by atoms with E-state index in [2.05, 4.69) is 0 Å². The minimum absolute atomic E-state index is 0.0454. The van der Waals surface area contributed by atoms with Crippen molar-refractivity contribution >= 4 is 39.1 Å². The van der Waals surface area contributed by atoms with Crippen LogP contribution in [0.25, 0.3) is 0 Å². The molecule has 1 aliphatic heterocycles. The second kappa shape index (κ2) is 7.03. The Hall–Kier alpha value is -0.720. The van der Waals surface area contributed by atoms with Crippen molar-refractivity contribution in [2.45, 2.75) is 18.2 Å². The highest BCUT2D eigenvalue weighted by molar-refractivity contribution is 8.01. The van der Waals surface area contributed by atoms with Crippen molar-refractivity contribution in [3.63, 3.8) is 0 Å². The normalized spacial score (nSPS) is 19.5. The van der Waals surface area contributed by atoms with E-state index in [1.807, 2.05) is 6.07 Å². The molecule has 0 spiro atoms. The van der Waals surface area contributed by atoms with Gasteiger partial charge in [0.15, 0.2) is 9.84 Å². The van der Waals surface area contributed by atoms with Gasteiger partial charge in [0.25, 0.3) is 5.91 Å². The highest BCUT2D eigenvalue weighted by Crippen LogP contribution is 2.23. The molecule has 116 valence electrons. The fourth-order valence-electron chi connectivity index (χ4n) is 2.26. The lowest BCUT2D eigenvalue weighted by atomic mass is 10.1. The molecule has 0 N–H and O–H groups in total. The van der Waals surface area contributed by atoms with Gasteiger partial charge in [0, 0.05) is 35.2 Å². The largest absolute Gasteiger partial charge is 0.320 e. The molecule has 1 saturated heterocycles. The first-order valence-corrected chi connectivity index (χ1v) is 10.1. The molecule has 7 heteroatoms. The summed E-state index contributed by atoms with van der Waals surface area (Å²) in [5.74, 6) is 1.34. The SMILES string of the molecule is CCS(=O)(=O)C1CSCCN1C(=O)c1cccc(CCl)c1. The van der Waals surface area contributed by atoms with Crippen molar-refractivity contribution < 1.29 is 13.2 Å². The number of rotatable bonds is 4. The lowest BCUT2D eigenvalue weighted by molar-refractivity contribution is 0.0749. The van der Waals surface area contributed by atoms with Crippen LogP contribution in [-0.2, 0) is 15.7 Å². The van der Waals surface area contributed by atoms with Gasteiger partial charge < -0.3 is 4.90 Å². The summed E-state index contributed by atoms with van der Waals surface area (Å²) in [5, 5.41) is -0.728. The van der Waals surface area contributed by atoms with Gasteiger partial charge in [0.1, 0.15) is 5.37 Å². The Morgan fingerprint density at radius 3 is 2.90 bits per heavy atom. The summed E-state index contributed by atoms with van der Waals surface area (Å²) in [5.41, 5.74) is 1.35. The molecule has 1 heterocycles. The Balaban J connectivity index is 2.30. The number of halogens is 1. The molecule has 1 aromatic rings. The number of sulfone groups is 1. The molecule has 0 bridgehead atoms. The van der Waals surface area contributed by atoms with Crippen LogP contribution in [0.15, 0.2) is 24.3 Å². The summed E-state index contributed by atoms with van der Waals surface area (Å²) >= 11 is 7.36. The molecule has 1 unspecified atom stereocenters. The summed E-state index contributed by atoms with van der Waals surface area (Å²) in [6.07, 6.45) is 0. The smallest absolute Gasteiger partial charge is 0.254 e. The van der Waals surface area contributed by atoms with Crippen LogP contribution in [0.5, 0.6) is 0 Å². The van der Waals surface area contributed by atoms with Crippen molar-refractivity contribution in [2.24, 2.45) is 0 Å². The van der Waals surface area contributed by atoms with Crippen LogP contribution in [0.1, 0.15) is 22.8 Å². The average molecular weight is 348 g/mol. The first-order chi connectivity index (χ1) is 9.99. The lowest BCUT2D eigenvalue weighted by Gasteiger charge is -2.34. The second-order valence-electron chi connectivity index (χ2n) is 4.81. The Bertz CT molecular complexity index is 618. The van der Waals surface area contributed by atoms with E-state index < -0.39 is 15.2 Å². The zero-order valence-corrected chi connectivity index (χ0v) is 14.2. The van der Waals surface area contributed by atoms with Gasteiger partial charge in [-0.3, -0.25) is 4.79 Å². The van der Waals surface area contributed by atoms with Crippen LogP contribution in [0, 0.1) is 0 Å². The summed E-state index contributed by atoms with van der Waals surface area (Å²) < 4.78 is 24.4. The third-order valence-corrected chi connectivity index (χ3v) is 7.09. The number of hydrogen-bond acceptors (Lipinski definition) is 4. The molecule has 0 aromatic heterocycles. The maximum atomic E-state index is 12.7. The number of nitrogens with zero attached hydrogens (tertiary/aromatic N) is 1. The van der Waals surface area contributed by atoms with Crippen LogP contribution in [0.3, 0.4) is 0 Å². The highest BCUT2D eigenvalue weighted by atomic mass is 35.5. The van der Waals surface area contributed by atoms with Crippen LogP contribution in [-0.4, -0.2) is 48.4 Å². The molecule has 1 aliphatic rings. The number of alkyl halides is 1. The maximum Gasteiger partial charge on any atom is 0.254 e. The van der Waals surface area contributed by atoms with Crippen LogP contribution < -0.4 is 0 Å². The van der Waals surface area contributed by atoms with E-state index in [-0.39, 0.29) is 11.7 Å². The van der Waals surface area contributed by atoms with E-state index >= 15 is 0 Å². The Kier molecular flexibility index (Phi) is 5.57. The van der Waals surface area contributed by atoms with E-state index in [9.17, 15) is 13.2 Å². The highest BCUT2D eigenvalue weighted by Gasteiger charge is 2.36. The van der Waals surface area contributed by atoms with Gasteiger partial charge in [0.05, 0.1) is 0 Å². The standard InChI is InChI=1S/C14H18ClNO3S2/c1-2-21(18,19)13-10-20-7-6-16(13)14(17)12-5-3-4-11(8-12)9-15/h3-5,8,13H,2,6-7,9-10H2,1H3. The lowest BCUT2D eigenvalue weighted by Crippen LogP contribution is -2.50. The molecule has 4 nitrogen and oxygen atoms in total. The quantitative estimate of drug-likeness (QED) is 0.785. The van der Waals surface area contributed by atoms with Gasteiger partial charge in [-0.2, -0.15) is 11.8 Å². The van der Waals surface area contributed by atoms with E-state index in [0.717, 1.165) is 11.3 Å². The average Bonchev–Trinajstić information content (AvgIpc) is 2.54. The van der Waals surface area contributed by atoms with Crippen molar-refractivity contribution in [1.82, 2.24) is 4.90 Å². The van der Waals surface area contributed by atoms with Gasteiger partial charge in [-0.1, -0.05) is 19.1 Å². The summed E-state index contributed by atoms with van der Waals surface area (Å²) in [4.78, 5) is 14.1. The zero-order chi connectivity index (χ0) is 15.5. The Morgan fingerprint density at radius 1 is 1.48 bits per heavy atom. The fraction of sp³-hybridized carbons (Fsp3) is 0.500. The van der Waals surface area contributed by atoms with Crippen LogP contribution in [0.2, 0.25) is 0 Å². The van der Waals surface area contributed by atoms with Gasteiger partial charge in [-0.25, -0.2) is 8.42 Å². The van der Waals surface area contributed by atoms with Crippen LogP contribution in [0.4, 0.5) is 0 Å². The van der Waals surface area contributed by atoms with Gasteiger partial charge in [-0.15, -0.1) is 11.6 Å². The maximum absolute atomic E-state index is 12.7. The molecule has 2 rings (SSSR count). The predicted octanol–water partition coefficient (Wildman–Crippen LogP) is 2.38. The Morgan fingerprint density at radius 2 is 2.24 bits per heavy atom. The number of amides is 1. The first kappa shape index (κ1) is 16.6. The van der Waals surface area contributed by atoms with E-state index in [1.54, 1.807) is 36.9 Å². The first-order valence-electron chi connectivity index (χ1n) is 6.74. The molecule has 21 heavy (non-hydrogen) atoms. The third-order valence-electron chi connectivity index (χ3n) is 3.49. The fourth-order valence-corrected chi connectivity index (χ4v) is 5.39. The van der Waals surface area contributed by atoms with E-state index in [0.29, 0.717) is 23.7 Å². The molecule has 0 radical (unpaired) electrons. The summed E-state index contributed by atoms with van der Waals surface area (Å²) in [6.45, 7) is 2.07. The summed E-state index contributed by atoms with van der Waals surface area (Å²) in [7, 11) is -3.28. The minimum atomic E-state index is -3.28. The molecule has 0 aliphatic carbocycles.